The summed E-state index contributed by atoms with van der Waals surface area (Å²) in [7, 11) is 0. The molecule has 1 aromatic heterocycles. The van der Waals surface area contributed by atoms with Gasteiger partial charge in [-0.25, -0.2) is 4.68 Å². The fraction of sp³-hybridized carbons (Fsp3) is 0.412. The molecule has 0 unspecified atom stereocenters. The molecule has 1 aliphatic heterocycles. The second-order valence-corrected chi connectivity index (χ2v) is 6.28. The minimum absolute atomic E-state index is 0.208. The number of nitrogens with zero attached hydrogens (tertiary/aromatic N) is 4. The molecule has 0 radical (unpaired) electrons. The van der Waals surface area contributed by atoms with Crippen LogP contribution in [-0.4, -0.2) is 63.4 Å². The molecule has 0 aliphatic carbocycles. The van der Waals surface area contributed by atoms with Crippen molar-refractivity contribution in [1.82, 2.24) is 19.6 Å². The summed E-state index contributed by atoms with van der Waals surface area (Å²) in [5.74, 6) is -0.208. The Morgan fingerprint density at radius 3 is 2.50 bits per heavy atom. The monoisotopic (exact) mass is 348 g/mol. The summed E-state index contributed by atoms with van der Waals surface area (Å²) in [6, 6.07) is 9.82. The number of carbonyl (C=O) groups excluding carboxylic acids is 1. The Hall–Kier alpha value is -1.89. The highest BCUT2D eigenvalue weighted by atomic mass is 35.5. The number of rotatable bonds is 4. The van der Waals surface area contributed by atoms with Crippen LogP contribution in [0.2, 0.25) is 5.15 Å². The van der Waals surface area contributed by atoms with Crippen LogP contribution in [0.5, 0.6) is 0 Å². The Balaban J connectivity index is 1.71. The van der Waals surface area contributed by atoms with Crippen molar-refractivity contribution in [3.05, 3.63) is 46.7 Å². The number of halogens is 1. The second kappa shape index (κ2) is 7.34. The Labute approximate surface area is 146 Å². The predicted molar refractivity (Wildman–Crippen MR) is 92.3 cm³/mol. The number of hydrogen-bond donors (Lipinski definition) is 1. The first-order chi connectivity index (χ1) is 11.6. The zero-order valence-electron chi connectivity index (χ0n) is 13.7. The van der Waals surface area contributed by atoms with Crippen molar-refractivity contribution in [3.63, 3.8) is 0 Å². The van der Waals surface area contributed by atoms with E-state index < -0.39 is 6.61 Å². The summed E-state index contributed by atoms with van der Waals surface area (Å²) in [5, 5.41) is 14.1. The van der Waals surface area contributed by atoms with E-state index in [4.69, 9.17) is 16.7 Å². The number of carbonyl (C=O) groups is 1. The van der Waals surface area contributed by atoms with Gasteiger partial charge in [0.25, 0.3) is 0 Å². The molecule has 7 heteroatoms. The number of benzene rings is 1. The molecule has 1 N–H and O–H groups in total. The molecular weight excluding hydrogens is 328 g/mol. The number of amides is 1. The average Bonchev–Trinajstić information content (AvgIpc) is 2.90. The van der Waals surface area contributed by atoms with E-state index in [1.807, 2.05) is 37.3 Å². The van der Waals surface area contributed by atoms with Crippen molar-refractivity contribution >= 4 is 17.5 Å². The standard InChI is InChI=1S/C17H21ClN4O2/c1-13-15(11-20-7-9-21(10-8-20)16(24)12-23)17(18)22(19-13)14-5-3-2-4-6-14/h2-6,23H,7-12H2,1H3. The average molecular weight is 349 g/mol. The van der Waals surface area contributed by atoms with Gasteiger partial charge in [-0.05, 0) is 19.1 Å². The third kappa shape index (κ3) is 3.45. The van der Waals surface area contributed by atoms with Crippen LogP contribution in [0.25, 0.3) is 5.69 Å². The molecule has 0 atom stereocenters. The quantitative estimate of drug-likeness (QED) is 0.909. The van der Waals surface area contributed by atoms with Crippen LogP contribution >= 0.6 is 11.6 Å². The predicted octanol–water partition coefficient (Wildman–Crippen LogP) is 1.47. The van der Waals surface area contributed by atoms with E-state index in [1.54, 1.807) is 9.58 Å². The molecule has 1 fully saturated rings. The van der Waals surface area contributed by atoms with Gasteiger partial charge in [-0.2, -0.15) is 5.10 Å². The number of hydrogen-bond acceptors (Lipinski definition) is 4. The molecule has 128 valence electrons. The summed E-state index contributed by atoms with van der Waals surface area (Å²) >= 11 is 6.56. The molecule has 1 amide bonds. The lowest BCUT2D eigenvalue weighted by molar-refractivity contribution is -0.135. The first kappa shape index (κ1) is 17.0. The van der Waals surface area contributed by atoms with Crippen molar-refractivity contribution < 1.29 is 9.90 Å². The number of aryl methyl sites for hydroxylation is 1. The van der Waals surface area contributed by atoms with Crippen LogP contribution in [0, 0.1) is 6.92 Å². The fourth-order valence-corrected chi connectivity index (χ4v) is 3.26. The molecule has 2 heterocycles. The van der Waals surface area contributed by atoms with Gasteiger partial charge in [-0.15, -0.1) is 0 Å². The smallest absolute Gasteiger partial charge is 0.248 e. The molecule has 1 aliphatic rings. The highest BCUT2D eigenvalue weighted by Crippen LogP contribution is 2.25. The minimum atomic E-state index is -0.422. The SMILES string of the molecule is Cc1nn(-c2ccccc2)c(Cl)c1CN1CCN(C(=O)CO)CC1. The lowest BCUT2D eigenvalue weighted by atomic mass is 10.2. The Morgan fingerprint density at radius 1 is 1.21 bits per heavy atom. The van der Waals surface area contributed by atoms with Crippen molar-refractivity contribution in [2.24, 2.45) is 0 Å². The van der Waals surface area contributed by atoms with E-state index in [-0.39, 0.29) is 5.91 Å². The molecule has 0 spiro atoms. The number of piperazine rings is 1. The van der Waals surface area contributed by atoms with Gasteiger partial charge in [0.15, 0.2) is 0 Å². The molecule has 1 saturated heterocycles. The Bertz CT molecular complexity index is 709. The van der Waals surface area contributed by atoms with Crippen molar-refractivity contribution in [2.75, 3.05) is 32.8 Å². The second-order valence-electron chi connectivity index (χ2n) is 5.92. The van der Waals surface area contributed by atoms with Gasteiger partial charge in [0.1, 0.15) is 11.8 Å². The largest absolute Gasteiger partial charge is 0.387 e. The molecule has 2 aromatic rings. The number of aliphatic hydroxyl groups is 1. The summed E-state index contributed by atoms with van der Waals surface area (Å²) in [4.78, 5) is 15.5. The van der Waals surface area contributed by atoms with E-state index in [0.29, 0.717) is 24.8 Å². The zero-order valence-corrected chi connectivity index (χ0v) is 14.4. The van der Waals surface area contributed by atoms with Gasteiger partial charge < -0.3 is 10.0 Å². The third-order valence-corrected chi connectivity index (χ3v) is 4.75. The lowest BCUT2D eigenvalue weighted by Gasteiger charge is -2.34. The highest BCUT2D eigenvalue weighted by molar-refractivity contribution is 6.30. The maximum Gasteiger partial charge on any atom is 0.248 e. The molecule has 0 saturated carbocycles. The van der Waals surface area contributed by atoms with Crippen molar-refractivity contribution in [3.8, 4) is 5.69 Å². The molecule has 1 aromatic carbocycles. The van der Waals surface area contributed by atoms with Gasteiger partial charge in [-0.3, -0.25) is 9.69 Å². The molecule has 3 rings (SSSR count). The number of aliphatic hydroxyl groups excluding tert-OH is 1. The summed E-state index contributed by atoms with van der Waals surface area (Å²) in [5.41, 5.74) is 2.87. The zero-order chi connectivity index (χ0) is 17.1. The summed E-state index contributed by atoms with van der Waals surface area (Å²) in [6.45, 7) is 5.03. The summed E-state index contributed by atoms with van der Waals surface area (Å²) in [6.07, 6.45) is 0. The topological polar surface area (TPSA) is 61.6 Å². The normalized spacial score (nSPS) is 15.7. The van der Waals surface area contributed by atoms with E-state index in [1.165, 1.54) is 0 Å². The number of aromatic nitrogens is 2. The summed E-state index contributed by atoms with van der Waals surface area (Å²) < 4.78 is 1.76. The molecule has 24 heavy (non-hydrogen) atoms. The van der Waals surface area contributed by atoms with Gasteiger partial charge in [-0.1, -0.05) is 29.8 Å². The van der Waals surface area contributed by atoms with E-state index >= 15 is 0 Å². The fourth-order valence-electron chi connectivity index (χ4n) is 2.93. The van der Waals surface area contributed by atoms with Gasteiger partial charge >= 0.3 is 0 Å². The molecular formula is C17H21ClN4O2. The number of para-hydroxylation sites is 1. The van der Waals surface area contributed by atoms with Gasteiger partial charge in [0, 0.05) is 38.3 Å². The van der Waals surface area contributed by atoms with E-state index in [9.17, 15) is 4.79 Å². The maximum absolute atomic E-state index is 11.5. The van der Waals surface area contributed by atoms with Crippen LogP contribution in [0.3, 0.4) is 0 Å². The minimum Gasteiger partial charge on any atom is -0.387 e. The van der Waals surface area contributed by atoms with Crippen LogP contribution in [0.15, 0.2) is 30.3 Å². The highest BCUT2D eigenvalue weighted by Gasteiger charge is 2.23. The molecule has 0 bridgehead atoms. The van der Waals surface area contributed by atoms with Gasteiger partial charge in [0.2, 0.25) is 5.91 Å². The van der Waals surface area contributed by atoms with Crippen LogP contribution < -0.4 is 0 Å². The van der Waals surface area contributed by atoms with Crippen molar-refractivity contribution in [1.29, 1.82) is 0 Å². The van der Waals surface area contributed by atoms with E-state index in [0.717, 1.165) is 30.0 Å². The Morgan fingerprint density at radius 2 is 1.88 bits per heavy atom. The van der Waals surface area contributed by atoms with Gasteiger partial charge in [0.05, 0.1) is 11.4 Å². The van der Waals surface area contributed by atoms with Crippen LogP contribution in [-0.2, 0) is 11.3 Å². The van der Waals surface area contributed by atoms with E-state index in [2.05, 4.69) is 10.00 Å². The first-order valence-corrected chi connectivity index (χ1v) is 8.38. The van der Waals surface area contributed by atoms with Crippen LogP contribution in [0.4, 0.5) is 0 Å². The van der Waals surface area contributed by atoms with Crippen molar-refractivity contribution in [2.45, 2.75) is 13.5 Å². The maximum atomic E-state index is 11.5. The Kier molecular flexibility index (Phi) is 5.18. The first-order valence-electron chi connectivity index (χ1n) is 8.00. The van der Waals surface area contributed by atoms with Crippen LogP contribution in [0.1, 0.15) is 11.3 Å². The lowest BCUT2D eigenvalue weighted by Crippen LogP contribution is -2.49. The molecule has 6 nitrogen and oxygen atoms in total. The third-order valence-electron chi connectivity index (χ3n) is 4.36.